The van der Waals surface area contributed by atoms with Crippen molar-refractivity contribution in [3.63, 3.8) is 0 Å². The molecule has 24 heavy (non-hydrogen) atoms. The lowest BCUT2D eigenvalue weighted by molar-refractivity contribution is -0.136. The van der Waals surface area contributed by atoms with Gasteiger partial charge in [-0.05, 0) is 12.8 Å². The monoisotopic (exact) mass is 353 g/mol. The molecule has 1 saturated heterocycles. The fourth-order valence-electron chi connectivity index (χ4n) is 2.76. The number of aromatic nitrogens is 1. The normalized spacial score (nSPS) is 18.0. The number of rotatable bonds is 7. The second kappa shape index (κ2) is 9.13. The molecule has 1 aliphatic heterocycles. The summed E-state index contributed by atoms with van der Waals surface area (Å²) in [5, 5.41) is 6.07. The number of carbonyl (C=O) groups excluding carboxylic acids is 2. The highest BCUT2D eigenvalue weighted by atomic mass is 32.1. The van der Waals surface area contributed by atoms with Gasteiger partial charge in [0.15, 0.2) is 0 Å². The van der Waals surface area contributed by atoms with Crippen molar-refractivity contribution in [1.82, 2.24) is 15.2 Å². The average Bonchev–Trinajstić information content (AvgIpc) is 3.04. The number of likely N-dealkylation sites (tertiary alicyclic amines) is 1. The van der Waals surface area contributed by atoms with Crippen LogP contribution in [0, 0.1) is 5.92 Å². The molecule has 1 N–H and O–H groups in total. The third-order valence-corrected chi connectivity index (χ3v) is 5.22. The Hall–Kier alpha value is -1.47. The van der Waals surface area contributed by atoms with Crippen molar-refractivity contribution >= 4 is 23.2 Å². The first kappa shape index (κ1) is 18.9. The van der Waals surface area contributed by atoms with E-state index in [1.165, 1.54) is 0 Å². The fraction of sp³-hybridized carbons (Fsp3) is 0.706. The highest BCUT2D eigenvalue weighted by molar-refractivity contribution is 7.09. The first-order valence-corrected chi connectivity index (χ1v) is 9.38. The minimum absolute atomic E-state index is 0.00820. The van der Waals surface area contributed by atoms with Gasteiger partial charge in [0.25, 0.3) is 0 Å². The van der Waals surface area contributed by atoms with Crippen LogP contribution in [0.5, 0.6) is 0 Å². The number of carbonyl (C=O) groups is 2. The maximum absolute atomic E-state index is 12.0. The highest BCUT2D eigenvalue weighted by Crippen LogP contribution is 2.29. The van der Waals surface area contributed by atoms with Crippen LogP contribution < -0.4 is 5.32 Å². The van der Waals surface area contributed by atoms with Crippen LogP contribution >= 0.6 is 11.3 Å². The predicted molar refractivity (Wildman–Crippen MR) is 94.1 cm³/mol. The zero-order chi connectivity index (χ0) is 17.5. The Morgan fingerprint density at radius 2 is 2.29 bits per heavy atom. The van der Waals surface area contributed by atoms with Crippen LogP contribution in [-0.4, -0.2) is 55.0 Å². The molecule has 1 aromatic heterocycles. The van der Waals surface area contributed by atoms with Gasteiger partial charge >= 0.3 is 0 Å². The van der Waals surface area contributed by atoms with Gasteiger partial charge in [-0.2, -0.15) is 0 Å². The summed E-state index contributed by atoms with van der Waals surface area (Å²) >= 11 is 1.66. The van der Waals surface area contributed by atoms with E-state index in [-0.39, 0.29) is 24.3 Å². The van der Waals surface area contributed by atoms with Crippen LogP contribution in [0.2, 0.25) is 0 Å². The SMILES string of the molecule is COCC(=O)N1CCC[C@H](c2nc(CCNC(=O)C(C)C)cs2)C1. The zero-order valence-corrected chi connectivity index (χ0v) is 15.5. The number of methoxy groups -OCH3 is 1. The Balaban J connectivity index is 1.85. The van der Waals surface area contributed by atoms with Gasteiger partial charge in [-0.1, -0.05) is 13.8 Å². The number of thiazole rings is 1. The third kappa shape index (κ3) is 5.27. The lowest BCUT2D eigenvalue weighted by atomic mass is 9.98. The summed E-state index contributed by atoms with van der Waals surface area (Å²) in [6.45, 7) is 6.05. The van der Waals surface area contributed by atoms with Crippen LogP contribution in [0.25, 0.3) is 0 Å². The van der Waals surface area contributed by atoms with E-state index in [0.29, 0.717) is 12.5 Å². The number of hydrogen-bond acceptors (Lipinski definition) is 5. The van der Waals surface area contributed by atoms with Crippen molar-refractivity contribution in [2.45, 2.75) is 39.0 Å². The highest BCUT2D eigenvalue weighted by Gasteiger charge is 2.26. The average molecular weight is 353 g/mol. The lowest BCUT2D eigenvalue weighted by Gasteiger charge is -2.31. The van der Waals surface area contributed by atoms with E-state index in [0.717, 1.165) is 43.1 Å². The maximum atomic E-state index is 12.0. The Morgan fingerprint density at radius 3 is 3.00 bits per heavy atom. The fourth-order valence-corrected chi connectivity index (χ4v) is 3.75. The molecule has 2 rings (SSSR count). The summed E-state index contributed by atoms with van der Waals surface area (Å²) < 4.78 is 4.94. The number of nitrogens with zero attached hydrogens (tertiary/aromatic N) is 2. The number of nitrogens with one attached hydrogen (secondary N) is 1. The van der Waals surface area contributed by atoms with Crippen LogP contribution in [0.1, 0.15) is 43.3 Å². The first-order chi connectivity index (χ1) is 11.5. The molecule has 1 fully saturated rings. The van der Waals surface area contributed by atoms with Gasteiger partial charge < -0.3 is 15.0 Å². The molecule has 0 aromatic carbocycles. The lowest BCUT2D eigenvalue weighted by Crippen LogP contribution is -2.40. The predicted octanol–water partition coefficient (Wildman–Crippen LogP) is 1.81. The Labute approximate surface area is 147 Å². The summed E-state index contributed by atoms with van der Waals surface area (Å²) in [4.78, 5) is 30.1. The summed E-state index contributed by atoms with van der Waals surface area (Å²) in [6, 6.07) is 0. The summed E-state index contributed by atoms with van der Waals surface area (Å²) in [5.41, 5.74) is 1.01. The molecule has 0 bridgehead atoms. The Morgan fingerprint density at radius 1 is 1.50 bits per heavy atom. The van der Waals surface area contributed by atoms with Gasteiger partial charge in [-0.3, -0.25) is 9.59 Å². The Bertz CT molecular complexity index is 559. The van der Waals surface area contributed by atoms with Crippen molar-refractivity contribution in [3.8, 4) is 0 Å². The Kier molecular flexibility index (Phi) is 7.17. The van der Waals surface area contributed by atoms with Gasteiger partial charge in [0.1, 0.15) is 6.61 Å². The summed E-state index contributed by atoms with van der Waals surface area (Å²) in [6.07, 6.45) is 2.81. The second-order valence-electron chi connectivity index (χ2n) is 6.48. The molecule has 134 valence electrons. The van der Waals surface area contributed by atoms with Crippen LogP contribution in [0.4, 0.5) is 0 Å². The molecule has 0 radical (unpaired) electrons. The van der Waals surface area contributed by atoms with Gasteiger partial charge in [-0.25, -0.2) is 4.98 Å². The quantitative estimate of drug-likeness (QED) is 0.811. The van der Waals surface area contributed by atoms with E-state index in [2.05, 4.69) is 10.7 Å². The van der Waals surface area contributed by atoms with E-state index in [1.807, 2.05) is 18.7 Å². The molecule has 1 aromatic rings. The molecule has 6 nitrogen and oxygen atoms in total. The van der Waals surface area contributed by atoms with Gasteiger partial charge in [0.2, 0.25) is 11.8 Å². The first-order valence-electron chi connectivity index (χ1n) is 8.50. The zero-order valence-electron chi connectivity index (χ0n) is 14.7. The summed E-state index contributed by atoms with van der Waals surface area (Å²) in [5.74, 6) is 0.442. The third-order valence-electron chi connectivity index (χ3n) is 4.17. The minimum Gasteiger partial charge on any atom is -0.375 e. The maximum Gasteiger partial charge on any atom is 0.248 e. The van der Waals surface area contributed by atoms with E-state index in [4.69, 9.17) is 9.72 Å². The molecule has 2 heterocycles. The molecule has 7 heteroatoms. The summed E-state index contributed by atoms with van der Waals surface area (Å²) in [7, 11) is 1.55. The molecular formula is C17H27N3O3S. The van der Waals surface area contributed by atoms with Gasteiger partial charge in [0.05, 0.1) is 10.7 Å². The number of amides is 2. The molecule has 0 aliphatic carbocycles. The largest absolute Gasteiger partial charge is 0.375 e. The molecule has 0 unspecified atom stereocenters. The standard InChI is InChI=1S/C17H27N3O3S/c1-12(2)16(22)18-7-6-14-11-24-17(19-14)13-5-4-8-20(9-13)15(21)10-23-3/h11-13H,4-10H2,1-3H3,(H,18,22)/t13-/m0/s1. The number of hydrogen-bond donors (Lipinski definition) is 1. The van der Waals surface area contributed by atoms with Crippen LogP contribution in [0.15, 0.2) is 5.38 Å². The topological polar surface area (TPSA) is 71.5 Å². The molecule has 1 aliphatic rings. The molecule has 1 atom stereocenters. The minimum atomic E-state index is 0.00820. The van der Waals surface area contributed by atoms with E-state index in [1.54, 1.807) is 18.4 Å². The molecular weight excluding hydrogens is 326 g/mol. The number of ether oxygens (including phenoxy) is 1. The van der Waals surface area contributed by atoms with E-state index in [9.17, 15) is 9.59 Å². The van der Waals surface area contributed by atoms with Gasteiger partial charge in [-0.15, -0.1) is 11.3 Å². The van der Waals surface area contributed by atoms with Crippen LogP contribution in [-0.2, 0) is 20.7 Å². The van der Waals surface area contributed by atoms with Gasteiger partial charge in [0, 0.05) is 50.4 Å². The van der Waals surface area contributed by atoms with Crippen molar-refractivity contribution < 1.29 is 14.3 Å². The molecule has 0 saturated carbocycles. The van der Waals surface area contributed by atoms with Crippen molar-refractivity contribution in [2.75, 3.05) is 33.4 Å². The van der Waals surface area contributed by atoms with E-state index >= 15 is 0 Å². The van der Waals surface area contributed by atoms with Crippen molar-refractivity contribution in [3.05, 3.63) is 16.1 Å². The molecule has 0 spiro atoms. The number of piperidine rings is 1. The van der Waals surface area contributed by atoms with Crippen molar-refractivity contribution in [2.24, 2.45) is 5.92 Å². The second-order valence-corrected chi connectivity index (χ2v) is 7.37. The van der Waals surface area contributed by atoms with Crippen molar-refractivity contribution in [1.29, 1.82) is 0 Å². The van der Waals surface area contributed by atoms with Crippen LogP contribution in [0.3, 0.4) is 0 Å². The van der Waals surface area contributed by atoms with E-state index < -0.39 is 0 Å². The molecule has 2 amide bonds. The smallest absolute Gasteiger partial charge is 0.248 e.